The van der Waals surface area contributed by atoms with E-state index < -0.39 is 17.7 Å². The zero-order valence-electron chi connectivity index (χ0n) is 17.6. The van der Waals surface area contributed by atoms with Crippen LogP contribution in [-0.4, -0.2) is 34.7 Å². The van der Waals surface area contributed by atoms with Crippen LogP contribution in [0, 0.1) is 5.92 Å². The predicted octanol–water partition coefficient (Wildman–Crippen LogP) is 4.21. The number of aryl methyl sites for hydroxylation is 2. The third-order valence-corrected chi connectivity index (χ3v) is 6.68. The SMILES string of the molecule is CC1=NN(c2ccc(Cl)cc2)C(=O)[C@@H]1C=NN1C(=O)c2ccc3c4c(ccc(c24)C1=O)CC3. The Bertz CT molecular complexity index is 1400. The van der Waals surface area contributed by atoms with Crippen LogP contribution in [0.1, 0.15) is 38.8 Å². The molecular weight excluding hydrogens is 440 g/mol. The van der Waals surface area contributed by atoms with Crippen LogP contribution in [0.5, 0.6) is 0 Å². The summed E-state index contributed by atoms with van der Waals surface area (Å²) in [6, 6.07) is 14.2. The van der Waals surface area contributed by atoms with Gasteiger partial charge < -0.3 is 0 Å². The maximum atomic E-state index is 13.2. The van der Waals surface area contributed by atoms with E-state index in [1.54, 1.807) is 43.3 Å². The number of carbonyl (C=O) groups excluding carboxylic acids is 3. The van der Waals surface area contributed by atoms with Gasteiger partial charge in [-0.15, -0.1) is 0 Å². The van der Waals surface area contributed by atoms with Crippen molar-refractivity contribution in [3.8, 4) is 0 Å². The summed E-state index contributed by atoms with van der Waals surface area (Å²) in [5.41, 5.74) is 4.31. The van der Waals surface area contributed by atoms with Crippen LogP contribution >= 0.6 is 11.6 Å². The van der Waals surface area contributed by atoms with E-state index in [0.29, 0.717) is 32.9 Å². The number of halogens is 1. The molecule has 6 rings (SSSR count). The van der Waals surface area contributed by atoms with Gasteiger partial charge in [-0.2, -0.15) is 20.2 Å². The van der Waals surface area contributed by atoms with E-state index in [1.807, 2.05) is 12.1 Å². The normalized spacial score (nSPS) is 19.4. The summed E-state index contributed by atoms with van der Waals surface area (Å²) in [6.07, 6.45) is 3.13. The minimum Gasteiger partial charge on any atom is -0.271 e. The lowest BCUT2D eigenvalue weighted by atomic mass is 9.92. The molecule has 0 bridgehead atoms. The molecular formula is C25H17ClN4O3. The zero-order valence-corrected chi connectivity index (χ0v) is 18.3. The number of hydrogen-bond acceptors (Lipinski definition) is 5. The van der Waals surface area contributed by atoms with Crippen LogP contribution in [-0.2, 0) is 17.6 Å². The molecule has 3 aromatic rings. The second kappa shape index (κ2) is 7.08. The van der Waals surface area contributed by atoms with Gasteiger partial charge >= 0.3 is 0 Å². The highest BCUT2D eigenvalue weighted by atomic mass is 35.5. The van der Waals surface area contributed by atoms with Crippen LogP contribution in [0.25, 0.3) is 10.8 Å². The number of nitrogens with zero attached hydrogens (tertiary/aromatic N) is 4. The highest BCUT2D eigenvalue weighted by Gasteiger charge is 2.37. The van der Waals surface area contributed by atoms with Crippen LogP contribution < -0.4 is 5.01 Å². The quantitative estimate of drug-likeness (QED) is 0.437. The highest BCUT2D eigenvalue weighted by molar-refractivity contribution is 6.31. The molecule has 162 valence electrons. The topological polar surface area (TPSA) is 82.4 Å². The summed E-state index contributed by atoms with van der Waals surface area (Å²) < 4.78 is 0. The molecule has 0 aromatic heterocycles. The average Bonchev–Trinajstić information content (AvgIpc) is 3.36. The first kappa shape index (κ1) is 19.8. The molecule has 0 unspecified atom stereocenters. The standard InChI is InChI=1S/C25H17ClN4O3/c1-13-20(25(33)29(28-13)17-8-6-16(26)7-9-17)12-27-30-23(31)18-10-4-14-2-3-15-5-11-19(24(30)32)22(18)21(14)15/h4-12,20H,2-3H2,1H3/t20-/m1/s1. The number of hydrogen-bond donors (Lipinski definition) is 0. The van der Waals surface area contributed by atoms with E-state index in [9.17, 15) is 14.4 Å². The molecule has 2 heterocycles. The van der Waals surface area contributed by atoms with E-state index in [4.69, 9.17) is 11.6 Å². The van der Waals surface area contributed by atoms with Crippen molar-refractivity contribution in [3.05, 3.63) is 75.8 Å². The minimum absolute atomic E-state index is 0.321. The fraction of sp³-hybridized carbons (Fsp3) is 0.160. The molecule has 33 heavy (non-hydrogen) atoms. The van der Waals surface area contributed by atoms with Crippen molar-refractivity contribution in [2.75, 3.05) is 5.01 Å². The van der Waals surface area contributed by atoms with Gasteiger partial charge in [-0.3, -0.25) is 14.4 Å². The predicted molar refractivity (Wildman–Crippen MR) is 126 cm³/mol. The summed E-state index contributed by atoms with van der Waals surface area (Å²) in [4.78, 5) is 39.4. The average molecular weight is 457 g/mol. The summed E-state index contributed by atoms with van der Waals surface area (Å²) in [7, 11) is 0. The van der Waals surface area contributed by atoms with Crippen LogP contribution in [0.15, 0.2) is 58.7 Å². The van der Waals surface area contributed by atoms with Crippen LogP contribution in [0.3, 0.4) is 0 Å². The first-order chi connectivity index (χ1) is 15.9. The fourth-order valence-electron chi connectivity index (χ4n) is 4.76. The maximum Gasteiger partial charge on any atom is 0.282 e. The number of imide groups is 1. The summed E-state index contributed by atoms with van der Waals surface area (Å²) in [6.45, 7) is 1.71. The molecule has 3 amide bonds. The third kappa shape index (κ3) is 2.85. The number of anilines is 1. The smallest absolute Gasteiger partial charge is 0.271 e. The molecule has 1 aliphatic carbocycles. The monoisotopic (exact) mass is 456 g/mol. The first-order valence-electron chi connectivity index (χ1n) is 10.6. The number of benzene rings is 3. The van der Waals surface area contributed by atoms with Crippen LogP contribution in [0.4, 0.5) is 5.69 Å². The Morgan fingerprint density at radius 1 is 0.909 bits per heavy atom. The largest absolute Gasteiger partial charge is 0.282 e. The van der Waals surface area contributed by atoms with Gasteiger partial charge in [-0.1, -0.05) is 23.7 Å². The van der Waals surface area contributed by atoms with E-state index >= 15 is 0 Å². The van der Waals surface area contributed by atoms with Crippen molar-refractivity contribution in [1.82, 2.24) is 5.01 Å². The molecule has 3 aromatic carbocycles. The number of carbonyl (C=O) groups is 3. The van der Waals surface area contributed by atoms with Gasteiger partial charge in [0, 0.05) is 16.6 Å². The Kier molecular flexibility index (Phi) is 4.25. The van der Waals surface area contributed by atoms with Crippen molar-refractivity contribution in [2.45, 2.75) is 19.8 Å². The molecule has 0 saturated carbocycles. The summed E-state index contributed by atoms with van der Waals surface area (Å²) >= 11 is 5.93. The summed E-state index contributed by atoms with van der Waals surface area (Å²) in [5, 5.41) is 12.9. The van der Waals surface area contributed by atoms with Gasteiger partial charge in [-0.25, -0.2) is 0 Å². The van der Waals surface area contributed by atoms with E-state index in [0.717, 1.165) is 34.4 Å². The Labute approximate surface area is 193 Å². The fourth-order valence-corrected chi connectivity index (χ4v) is 4.89. The number of hydrazone groups is 2. The molecule has 0 spiro atoms. The molecule has 0 saturated heterocycles. The first-order valence-corrected chi connectivity index (χ1v) is 11.0. The van der Waals surface area contributed by atoms with Gasteiger partial charge in [0.1, 0.15) is 5.92 Å². The molecule has 0 fully saturated rings. The van der Waals surface area contributed by atoms with Gasteiger partial charge in [-0.05, 0) is 72.7 Å². The van der Waals surface area contributed by atoms with Crippen molar-refractivity contribution in [1.29, 1.82) is 0 Å². The lowest BCUT2D eigenvalue weighted by Gasteiger charge is -2.24. The van der Waals surface area contributed by atoms with E-state index in [2.05, 4.69) is 10.2 Å². The Morgan fingerprint density at radius 3 is 2.12 bits per heavy atom. The molecule has 2 aliphatic heterocycles. The zero-order chi connectivity index (χ0) is 22.9. The second-order valence-electron chi connectivity index (χ2n) is 8.33. The summed E-state index contributed by atoms with van der Waals surface area (Å²) in [5.74, 6) is -2.09. The van der Waals surface area contributed by atoms with Gasteiger partial charge in [0.15, 0.2) is 0 Å². The van der Waals surface area contributed by atoms with Crippen molar-refractivity contribution < 1.29 is 14.4 Å². The molecule has 7 nitrogen and oxygen atoms in total. The lowest BCUT2D eigenvalue weighted by Crippen LogP contribution is -2.37. The minimum atomic E-state index is -0.783. The van der Waals surface area contributed by atoms with Gasteiger partial charge in [0.05, 0.1) is 22.5 Å². The number of rotatable bonds is 3. The van der Waals surface area contributed by atoms with Crippen molar-refractivity contribution in [2.24, 2.45) is 16.1 Å². The lowest BCUT2D eigenvalue weighted by molar-refractivity contribution is -0.118. The third-order valence-electron chi connectivity index (χ3n) is 6.43. The van der Waals surface area contributed by atoms with Gasteiger partial charge in [0.2, 0.25) is 0 Å². The molecule has 0 radical (unpaired) electrons. The van der Waals surface area contributed by atoms with Crippen molar-refractivity contribution >= 4 is 57.7 Å². The highest BCUT2D eigenvalue weighted by Crippen LogP contribution is 2.38. The van der Waals surface area contributed by atoms with E-state index in [1.165, 1.54) is 11.2 Å². The second-order valence-corrected chi connectivity index (χ2v) is 8.76. The maximum absolute atomic E-state index is 13.2. The Balaban J connectivity index is 1.33. The molecule has 1 atom stereocenters. The molecule has 0 N–H and O–H groups in total. The van der Waals surface area contributed by atoms with Gasteiger partial charge in [0.25, 0.3) is 17.7 Å². The number of amides is 3. The Morgan fingerprint density at radius 2 is 1.52 bits per heavy atom. The molecule has 8 heteroatoms. The Hall–Kier alpha value is -3.84. The van der Waals surface area contributed by atoms with Crippen molar-refractivity contribution in [3.63, 3.8) is 0 Å². The van der Waals surface area contributed by atoms with E-state index in [-0.39, 0.29) is 5.91 Å². The molecule has 3 aliphatic rings. The van der Waals surface area contributed by atoms with Crippen LogP contribution in [0.2, 0.25) is 5.02 Å².